The quantitative estimate of drug-likeness (QED) is 0.289. The van der Waals surface area contributed by atoms with Crippen LogP contribution in [0.2, 0.25) is 0 Å². The number of hydrogen-bond acceptors (Lipinski definition) is 7. The van der Waals surface area contributed by atoms with Gasteiger partial charge >= 0.3 is 6.18 Å². The molecule has 1 aliphatic heterocycles. The van der Waals surface area contributed by atoms with Crippen LogP contribution in [0.3, 0.4) is 0 Å². The van der Waals surface area contributed by atoms with E-state index in [4.69, 9.17) is 10.5 Å². The summed E-state index contributed by atoms with van der Waals surface area (Å²) in [5, 5.41) is 4.96. The Morgan fingerprint density at radius 1 is 1.08 bits per heavy atom. The second-order valence-electron chi connectivity index (χ2n) is 8.80. The minimum Gasteiger partial charge on any atom is -0.384 e. The highest BCUT2D eigenvalue weighted by molar-refractivity contribution is 5.99. The van der Waals surface area contributed by atoms with Crippen LogP contribution >= 0.6 is 0 Å². The lowest BCUT2D eigenvalue weighted by molar-refractivity contribution is -0.137. The second kappa shape index (κ2) is 10.7. The van der Waals surface area contributed by atoms with Crippen LogP contribution in [0, 0.1) is 17.0 Å². The molecular formula is C25H22F5N5O3. The van der Waals surface area contributed by atoms with E-state index in [0.717, 1.165) is 24.4 Å². The van der Waals surface area contributed by atoms with Crippen LogP contribution in [0.1, 0.15) is 34.5 Å². The van der Waals surface area contributed by atoms with E-state index >= 15 is 0 Å². The number of halogens is 5. The van der Waals surface area contributed by atoms with E-state index in [1.165, 1.54) is 18.3 Å². The normalized spacial score (nSPS) is 17.3. The van der Waals surface area contributed by atoms with E-state index in [2.05, 4.69) is 20.6 Å². The van der Waals surface area contributed by atoms with Gasteiger partial charge in [-0.1, -0.05) is 0 Å². The molecule has 0 unspecified atom stereocenters. The zero-order valence-electron chi connectivity index (χ0n) is 19.7. The van der Waals surface area contributed by atoms with Gasteiger partial charge in [-0.3, -0.25) is 14.6 Å². The zero-order chi connectivity index (χ0) is 27.5. The molecule has 3 aromatic rings. The van der Waals surface area contributed by atoms with Crippen LogP contribution in [0.5, 0.6) is 0 Å². The number of ether oxygens (including phenoxy) is 1. The number of rotatable bonds is 8. The fraction of sp³-hybridized carbons (Fsp3) is 0.280. The highest BCUT2D eigenvalue weighted by atomic mass is 19.4. The number of amides is 1. The number of alkyl halides is 3. The lowest BCUT2D eigenvalue weighted by Gasteiger charge is -2.25. The number of benzene rings is 1. The fourth-order valence-electron chi connectivity index (χ4n) is 4.02. The van der Waals surface area contributed by atoms with Gasteiger partial charge in [-0.15, -0.1) is 0 Å². The first kappa shape index (κ1) is 26.9. The smallest absolute Gasteiger partial charge is 0.384 e. The predicted octanol–water partition coefficient (Wildman–Crippen LogP) is 4.40. The number of carbonyl (C=O) groups excluding carboxylic acids is 2. The summed E-state index contributed by atoms with van der Waals surface area (Å²) in [6.45, 7) is -0.0867. The van der Waals surface area contributed by atoms with Crippen molar-refractivity contribution in [3.8, 4) is 0 Å². The summed E-state index contributed by atoms with van der Waals surface area (Å²) in [4.78, 5) is 33.6. The van der Waals surface area contributed by atoms with Gasteiger partial charge < -0.3 is 21.1 Å². The van der Waals surface area contributed by atoms with Crippen molar-refractivity contribution in [2.75, 3.05) is 24.3 Å². The van der Waals surface area contributed by atoms with Gasteiger partial charge in [0.15, 0.2) is 5.78 Å². The fourth-order valence-corrected chi connectivity index (χ4v) is 4.02. The lowest BCUT2D eigenvalue weighted by atomic mass is 9.80. The Balaban J connectivity index is 1.44. The standard InChI is InChI=1S/C25H22F5N5O3/c26-15-2-3-19(17(7-15)25(28,29)30)35-16-8-18(27)20(32-11-16)12-34-23(37)24(5-6-38-13-24)9-21(36)14-1-4-22(31)33-10-14/h1-4,7-8,10-11,35H,5-6,9,12-13H2,(H2,31,33)(H,34,37)/t24-/m0/s1. The van der Waals surface area contributed by atoms with E-state index in [1.807, 2.05) is 0 Å². The molecule has 13 heteroatoms. The van der Waals surface area contributed by atoms with Gasteiger partial charge in [0.25, 0.3) is 0 Å². The van der Waals surface area contributed by atoms with Gasteiger partial charge in [-0.25, -0.2) is 13.8 Å². The predicted molar refractivity (Wildman–Crippen MR) is 126 cm³/mol. The maximum atomic E-state index is 14.7. The highest BCUT2D eigenvalue weighted by Crippen LogP contribution is 2.37. The summed E-state index contributed by atoms with van der Waals surface area (Å²) < 4.78 is 73.1. The molecule has 4 rings (SSSR count). The molecule has 1 aromatic carbocycles. The molecule has 1 fully saturated rings. The minimum atomic E-state index is -4.84. The molecule has 200 valence electrons. The maximum absolute atomic E-state index is 14.7. The largest absolute Gasteiger partial charge is 0.418 e. The van der Waals surface area contributed by atoms with Crippen LogP contribution in [-0.4, -0.2) is 34.9 Å². The van der Waals surface area contributed by atoms with Crippen LogP contribution in [0.4, 0.5) is 39.1 Å². The average Bonchev–Trinajstić information content (AvgIpc) is 3.34. The summed E-state index contributed by atoms with van der Waals surface area (Å²) in [5.41, 5.74) is 2.62. The third kappa shape index (κ3) is 6.05. The van der Waals surface area contributed by atoms with E-state index < -0.39 is 40.4 Å². The Morgan fingerprint density at radius 3 is 2.50 bits per heavy atom. The minimum absolute atomic E-state index is 0.00898. The zero-order valence-corrected chi connectivity index (χ0v) is 19.7. The van der Waals surface area contributed by atoms with Crippen molar-refractivity contribution >= 4 is 28.9 Å². The molecule has 3 heterocycles. The Bertz CT molecular complexity index is 1340. The van der Waals surface area contributed by atoms with Crippen molar-refractivity contribution in [1.29, 1.82) is 0 Å². The van der Waals surface area contributed by atoms with Crippen LogP contribution < -0.4 is 16.4 Å². The van der Waals surface area contributed by atoms with Gasteiger partial charge in [0.05, 0.1) is 47.4 Å². The van der Waals surface area contributed by atoms with Crippen LogP contribution in [0.25, 0.3) is 0 Å². The third-order valence-corrected chi connectivity index (χ3v) is 6.09. The SMILES string of the molecule is Nc1ccc(C(=O)C[C@@]2(C(=O)NCc3ncc(Nc4ccc(F)cc4C(F)(F)F)cc3F)CCOC2)cn1. The summed E-state index contributed by atoms with van der Waals surface area (Å²) in [7, 11) is 0. The number of nitrogen functional groups attached to an aromatic ring is 1. The monoisotopic (exact) mass is 535 g/mol. The lowest BCUT2D eigenvalue weighted by Crippen LogP contribution is -2.43. The highest BCUT2D eigenvalue weighted by Gasteiger charge is 2.44. The third-order valence-electron chi connectivity index (χ3n) is 6.09. The van der Waals surface area contributed by atoms with Crippen molar-refractivity contribution in [3.05, 3.63) is 77.2 Å². The molecule has 0 saturated carbocycles. The molecule has 8 nitrogen and oxygen atoms in total. The van der Waals surface area contributed by atoms with Gasteiger partial charge in [0, 0.05) is 30.9 Å². The van der Waals surface area contributed by atoms with E-state index in [0.29, 0.717) is 6.07 Å². The summed E-state index contributed by atoms with van der Waals surface area (Å²) in [6.07, 6.45) is -2.34. The van der Waals surface area contributed by atoms with Crippen molar-refractivity contribution in [1.82, 2.24) is 15.3 Å². The summed E-state index contributed by atoms with van der Waals surface area (Å²) in [6, 6.07) is 5.93. The molecular weight excluding hydrogens is 513 g/mol. The van der Waals surface area contributed by atoms with Crippen LogP contribution in [0.15, 0.2) is 48.8 Å². The maximum Gasteiger partial charge on any atom is 0.418 e. The molecule has 0 radical (unpaired) electrons. The van der Waals surface area contributed by atoms with E-state index in [1.54, 1.807) is 0 Å². The van der Waals surface area contributed by atoms with Gasteiger partial charge in [-0.05, 0) is 36.8 Å². The summed E-state index contributed by atoms with van der Waals surface area (Å²) >= 11 is 0. The van der Waals surface area contributed by atoms with E-state index in [-0.39, 0.29) is 61.1 Å². The van der Waals surface area contributed by atoms with Crippen LogP contribution in [-0.2, 0) is 22.3 Å². The van der Waals surface area contributed by atoms with Crippen molar-refractivity contribution in [2.24, 2.45) is 5.41 Å². The van der Waals surface area contributed by atoms with Gasteiger partial charge in [0.1, 0.15) is 17.5 Å². The Labute approximate surface area is 213 Å². The van der Waals surface area contributed by atoms with Crippen molar-refractivity contribution in [2.45, 2.75) is 25.6 Å². The molecule has 4 N–H and O–H groups in total. The Kier molecular flexibility index (Phi) is 7.58. The van der Waals surface area contributed by atoms with Crippen molar-refractivity contribution in [3.63, 3.8) is 0 Å². The first-order valence-corrected chi connectivity index (χ1v) is 11.4. The molecule has 0 bridgehead atoms. The number of Topliss-reactive ketones (excluding diaryl/α,β-unsaturated/α-hetero) is 1. The topological polar surface area (TPSA) is 119 Å². The molecule has 38 heavy (non-hydrogen) atoms. The van der Waals surface area contributed by atoms with E-state index in [9.17, 15) is 31.5 Å². The number of nitrogens with zero attached hydrogens (tertiary/aromatic N) is 2. The second-order valence-corrected chi connectivity index (χ2v) is 8.80. The molecule has 1 aliphatic rings. The Morgan fingerprint density at radius 2 is 1.87 bits per heavy atom. The first-order valence-electron chi connectivity index (χ1n) is 11.4. The molecule has 0 spiro atoms. The molecule has 1 saturated heterocycles. The number of aromatic nitrogens is 2. The molecule has 1 amide bonds. The molecule has 0 aliphatic carbocycles. The summed E-state index contributed by atoms with van der Waals surface area (Å²) in [5.74, 6) is -2.59. The van der Waals surface area contributed by atoms with Gasteiger partial charge in [-0.2, -0.15) is 13.2 Å². The number of ketones is 1. The average molecular weight is 535 g/mol. The van der Waals surface area contributed by atoms with Gasteiger partial charge in [0.2, 0.25) is 5.91 Å². The number of anilines is 3. The Hall–Kier alpha value is -4.13. The number of nitrogens with two attached hydrogens (primary N) is 1. The number of hydrogen-bond donors (Lipinski definition) is 3. The molecule has 1 atom stereocenters. The first-order chi connectivity index (χ1) is 18.0. The molecule has 2 aromatic heterocycles. The number of carbonyl (C=O) groups is 2. The number of nitrogens with one attached hydrogen (secondary N) is 2. The number of pyridine rings is 2. The van der Waals surface area contributed by atoms with Crippen molar-refractivity contribution < 1.29 is 36.3 Å².